The largest absolute Gasteiger partial charge is 0.497 e. The third kappa shape index (κ3) is 2.09. The second-order valence-electron chi connectivity index (χ2n) is 3.26. The predicted octanol–water partition coefficient (Wildman–Crippen LogP) is 2.23. The summed E-state index contributed by atoms with van der Waals surface area (Å²) in [4.78, 5) is 10.8. The quantitative estimate of drug-likeness (QED) is 0.910. The number of methoxy groups -OCH3 is 1. The van der Waals surface area contributed by atoms with E-state index in [9.17, 15) is 4.79 Å². The molecule has 1 N–H and O–H groups in total. The number of halogens is 1. The lowest BCUT2D eigenvalue weighted by atomic mass is 10.3. The average Bonchev–Trinajstić information content (AvgIpc) is 2.71. The molecule has 2 aromatic rings. The highest BCUT2D eigenvalue weighted by molar-refractivity contribution is 6.32. The van der Waals surface area contributed by atoms with Crippen LogP contribution in [-0.2, 0) is 0 Å². The van der Waals surface area contributed by atoms with Gasteiger partial charge in [-0.2, -0.15) is 5.10 Å². The molecule has 0 fully saturated rings. The van der Waals surface area contributed by atoms with E-state index in [1.54, 1.807) is 31.4 Å². The number of rotatable bonds is 3. The summed E-state index contributed by atoms with van der Waals surface area (Å²) in [5.74, 6) is -0.398. The highest BCUT2D eigenvalue weighted by Gasteiger charge is 2.15. The monoisotopic (exact) mass is 252 g/mol. The van der Waals surface area contributed by atoms with Crippen molar-refractivity contribution in [1.82, 2.24) is 9.78 Å². The van der Waals surface area contributed by atoms with E-state index in [-0.39, 0.29) is 10.7 Å². The standard InChI is InChI=1S/C11H9ClN2O3/c1-17-8-4-2-7(3-5-8)14-10(12)9(6-13-14)11(15)16/h2-6H,1H3,(H,15,16). The Labute approximate surface area is 102 Å². The van der Waals surface area contributed by atoms with E-state index < -0.39 is 5.97 Å². The zero-order valence-corrected chi connectivity index (χ0v) is 9.68. The van der Waals surface area contributed by atoms with Crippen molar-refractivity contribution in [3.8, 4) is 11.4 Å². The molecule has 2 rings (SSSR count). The molecule has 1 aromatic heterocycles. The normalized spacial score (nSPS) is 10.2. The molecule has 0 radical (unpaired) electrons. The molecule has 1 aromatic carbocycles. The third-order valence-electron chi connectivity index (χ3n) is 2.26. The summed E-state index contributed by atoms with van der Waals surface area (Å²) in [5.41, 5.74) is 0.644. The van der Waals surface area contributed by atoms with Crippen LogP contribution in [0.3, 0.4) is 0 Å². The second-order valence-corrected chi connectivity index (χ2v) is 3.62. The van der Waals surface area contributed by atoms with Crippen LogP contribution >= 0.6 is 11.6 Å². The molecule has 0 aliphatic rings. The minimum absolute atomic E-state index is 0.0255. The molecule has 0 amide bonds. The van der Waals surface area contributed by atoms with Gasteiger partial charge < -0.3 is 9.84 Å². The van der Waals surface area contributed by atoms with Crippen LogP contribution in [0.1, 0.15) is 10.4 Å². The van der Waals surface area contributed by atoms with Gasteiger partial charge in [-0.15, -0.1) is 0 Å². The Morgan fingerprint density at radius 3 is 2.53 bits per heavy atom. The van der Waals surface area contributed by atoms with Crippen LogP contribution in [0.15, 0.2) is 30.5 Å². The van der Waals surface area contributed by atoms with Gasteiger partial charge >= 0.3 is 5.97 Å². The van der Waals surface area contributed by atoms with Crippen LogP contribution in [0, 0.1) is 0 Å². The van der Waals surface area contributed by atoms with Crippen molar-refractivity contribution in [3.05, 3.63) is 41.2 Å². The molecule has 0 atom stereocenters. The minimum Gasteiger partial charge on any atom is -0.497 e. The molecule has 0 unspecified atom stereocenters. The van der Waals surface area contributed by atoms with Crippen LogP contribution in [0.25, 0.3) is 5.69 Å². The molecule has 5 nitrogen and oxygen atoms in total. The smallest absolute Gasteiger partial charge is 0.340 e. The van der Waals surface area contributed by atoms with Gasteiger partial charge in [0.15, 0.2) is 0 Å². The Balaban J connectivity index is 2.42. The van der Waals surface area contributed by atoms with Crippen molar-refractivity contribution in [2.75, 3.05) is 7.11 Å². The Morgan fingerprint density at radius 2 is 2.06 bits per heavy atom. The Morgan fingerprint density at radius 1 is 1.41 bits per heavy atom. The molecule has 0 spiro atoms. The van der Waals surface area contributed by atoms with E-state index >= 15 is 0 Å². The van der Waals surface area contributed by atoms with Crippen LogP contribution < -0.4 is 4.74 Å². The van der Waals surface area contributed by atoms with Gasteiger partial charge in [0.05, 0.1) is 19.0 Å². The molecular formula is C11H9ClN2O3. The fraction of sp³-hybridized carbons (Fsp3) is 0.0909. The van der Waals surface area contributed by atoms with Crippen LogP contribution in [0.4, 0.5) is 0 Å². The van der Waals surface area contributed by atoms with Crippen molar-refractivity contribution in [2.24, 2.45) is 0 Å². The van der Waals surface area contributed by atoms with Gasteiger partial charge in [0, 0.05) is 0 Å². The maximum atomic E-state index is 10.8. The number of nitrogens with zero attached hydrogens (tertiary/aromatic N) is 2. The molecule has 0 saturated carbocycles. The summed E-state index contributed by atoms with van der Waals surface area (Å²) < 4.78 is 6.37. The number of benzene rings is 1. The van der Waals surface area contributed by atoms with Crippen molar-refractivity contribution in [3.63, 3.8) is 0 Å². The van der Waals surface area contributed by atoms with Crippen molar-refractivity contribution < 1.29 is 14.6 Å². The summed E-state index contributed by atoms with van der Waals surface area (Å²) in [6.07, 6.45) is 1.22. The van der Waals surface area contributed by atoms with Crippen LogP contribution in [0.5, 0.6) is 5.75 Å². The first-order valence-corrected chi connectivity index (χ1v) is 5.12. The second kappa shape index (κ2) is 4.47. The number of aromatic carboxylic acids is 1. The first-order valence-electron chi connectivity index (χ1n) is 4.74. The fourth-order valence-electron chi connectivity index (χ4n) is 1.38. The van der Waals surface area contributed by atoms with Crippen LogP contribution in [0.2, 0.25) is 5.15 Å². The van der Waals surface area contributed by atoms with Crippen molar-refractivity contribution >= 4 is 17.6 Å². The van der Waals surface area contributed by atoms with E-state index in [1.807, 2.05) is 0 Å². The number of aromatic nitrogens is 2. The first kappa shape index (κ1) is 11.5. The van der Waals surface area contributed by atoms with Gasteiger partial charge in [0.1, 0.15) is 16.5 Å². The van der Waals surface area contributed by atoms with Gasteiger partial charge in [0.25, 0.3) is 0 Å². The number of carboxylic acids is 1. The van der Waals surface area contributed by atoms with Gasteiger partial charge in [-0.1, -0.05) is 11.6 Å². The van der Waals surface area contributed by atoms with E-state index in [0.717, 1.165) is 0 Å². The van der Waals surface area contributed by atoms with Gasteiger partial charge in [0.2, 0.25) is 0 Å². The molecule has 17 heavy (non-hydrogen) atoms. The first-order chi connectivity index (χ1) is 8.13. The van der Waals surface area contributed by atoms with Gasteiger partial charge in [-0.25, -0.2) is 9.48 Å². The average molecular weight is 253 g/mol. The summed E-state index contributed by atoms with van der Waals surface area (Å²) in [7, 11) is 1.57. The topological polar surface area (TPSA) is 64.4 Å². The van der Waals surface area contributed by atoms with E-state index in [1.165, 1.54) is 10.9 Å². The Hall–Kier alpha value is -2.01. The zero-order chi connectivity index (χ0) is 12.4. The third-order valence-corrected chi connectivity index (χ3v) is 2.62. The zero-order valence-electron chi connectivity index (χ0n) is 8.92. The fourth-order valence-corrected chi connectivity index (χ4v) is 1.65. The van der Waals surface area contributed by atoms with E-state index in [2.05, 4.69) is 5.10 Å². The molecule has 0 aliphatic carbocycles. The molecule has 88 valence electrons. The SMILES string of the molecule is COc1ccc(-n2ncc(C(=O)O)c2Cl)cc1. The van der Waals surface area contributed by atoms with Gasteiger partial charge in [-0.3, -0.25) is 0 Å². The maximum absolute atomic E-state index is 10.8. The van der Waals surface area contributed by atoms with E-state index in [4.69, 9.17) is 21.4 Å². The maximum Gasteiger partial charge on any atom is 0.340 e. The Kier molecular flexibility index (Phi) is 3.01. The lowest BCUT2D eigenvalue weighted by Gasteiger charge is -2.04. The number of hydrogen-bond donors (Lipinski definition) is 1. The Bertz CT molecular complexity index is 548. The number of hydrogen-bond acceptors (Lipinski definition) is 3. The molecule has 0 saturated heterocycles. The molecule has 0 aliphatic heterocycles. The predicted molar refractivity (Wildman–Crippen MR) is 62.1 cm³/mol. The number of ether oxygens (including phenoxy) is 1. The number of carboxylic acid groups (broad SMARTS) is 1. The highest BCUT2D eigenvalue weighted by atomic mass is 35.5. The lowest BCUT2D eigenvalue weighted by Crippen LogP contribution is -1.99. The van der Waals surface area contributed by atoms with Crippen LogP contribution in [-0.4, -0.2) is 28.0 Å². The summed E-state index contributed by atoms with van der Waals surface area (Å²) in [6.45, 7) is 0. The molecule has 1 heterocycles. The molecular weight excluding hydrogens is 244 g/mol. The van der Waals surface area contributed by atoms with Crippen molar-refractivity contribution in [1.29, 1.82) is 0 Å². The van der Waals surface area contributed by atoms with Crippen molar-refractivity contribution in [2.45, 2.75) is 0 Å². The summed E-state index contributed by atoms with van der Waals surface area (Å²) in [6, 6.07) is 6.97. The van der Waals surface area contributed by atoms with E-state index in [0.29, 0.717) is 11.4 Å². The van der Waals surface area contributed by atoms with Gasteiger partial charge in [-0.05, 0) is 24.3 Å². The minimum atomic E-state index is -1.10. The highest BCUT2D eigenvalue weighted by Crippen LogP contribution is 2.21. The molecule has 6 heteroatoms. The lowest BCUT2D eigenvalue weighted by molar-refractivity contribution is 0.0697. The summed E-state index contributed by atoms with van der Waals surface area (Å²) in [5, 5.41) is 12.8. The molecule has 0 bridgehead atoms. The number of carbonyl (C=O) groups is 1. The summed E-state index contributed by atoms with van der Waals surface area (Å²) >= 11 is 5.92.